The molecule has 2 aromatic carbocycles. The molecule has 26 heavy (non-hydrogen) atoms. The van der Waals surface area contributed by atoms with Crippen LogP contribution in [0.3, 0.4) is 0 Å². The molecule has 1 heterocycles. The first-order valence-corrected chi connectivity index (χ1v) is 9.81. The number of rotatable bonds is 8. The van der Waals surface area contributed by atoms with Gasteiger partial charge in [-0.05, 0) is 29.8 Å². The van der Waals surface area contributed by atoms with E-state index in [4.69, 9.17) is 0 Å². The highest BCUT2D eigenvalue weighted by Crippen LogP contribution is 2.28. The topological polar surface area (TPSA) is 66.9 Å². The van der Waals surface area contributed by atoms with Crippen molar-refractivity contribution in [1.29, 1.82) is 0 Å². The molecule has 0 fully saturated rings. The van der Waals surface area contributed by atoms with Crippen LogP contribution in [0.1, 0.15) is 15.9 Å². The first-order chi connectivity index (χ1) is 12.7. The number of anilines is 2. The number of benzene rings is 2. The van der Waals surface area contributed by atoms with Crippen molar-refractivity contribution in [3.05, 3.63) is 78.4 Å². The second kappa shape index (κ2) is 9.17. The Balaban J connectivity index is 1.53. The van der Waals surface area contributed by atoms with Gasteiger partial charge in [-0.1, -0.05) is 59.5 Å². The van der Waals surface area contributed by atoms with Crippen LogP contribution >= 0.6 is 23.1 Å². The molecule has 0 aliphatic rings. The quantitative estimate of drug-likeness (QED) is 0.437. The van der Waals surface area contributed by atoms with Crippen molar-refractivity contribution in [1.82, 2.24) is 10.2 Å². The molecule has 0 aliphatic carbocycles. The fraction of sp³-hybridized carbons (Fsp3) is 0.105. The van der Waals surface area contributed by atoms with Gasteiger partial charge in [0.2, 0.25) is 5.13 Å². The maximum absolute atomic E-state index is 12.2. The summed E-state index contributed by atoms with van der Waals surface area (Å²) in [5.74, 6) is 0.661. The van der Waals surface area contributed by atoms with Gasteiger partial charge in [-0.25, -0.2) is 0 Å². The normalized spacial score (nSPS) is 10.3. The largest absolute Gasteiger partial charge is 0.357 e. The van der Waals surface area contributed by atoms with E-state index in [1.807, 2.05) is 54.6 Å². The zero-order valence-corrected chi connectivity index (χ0v) is 15.6. The van der Waals surface area contributed by atoms with Crippen molar-refractivity contribution < 1.29 is 4.79 Å². The molecular formula is C19H18N4OS2. The molecule has 0 atom stereocenters. The Morgan fingerprint density at radius 3 is 2.62 bits per heavy atom. The molecule has 7 heteroatoms. The second-order valence-corrected chi connectivity index (χ2v) is 7.55. The van der Waals surface area contributed by atoms with Crippen molar-refractivity contribution in [2.45, 2.75) is 10.1 Å². The zero-order valence-electron chi connectivity index (χ0n) is 14.0. The Hall–Kier alpha value is -2.64. The molecule has 0 saturated heterocycles. The van der Waals surface area contributed by atoms with Crippen molar-refractivity contribution in [2.24, 2.45) is 0 Å². The monoisotopic (exact) mass is 382 g/mol. The number of carbonyl (C=O) groups excluding carboxylic acids is 1. The van der Waals surface area contributed by atoms with E-state index >= 15 is 0 Å². The molecule has 3 rings (SSSR count). The first-order valence-electron chi connectivity index (χ1n) is 8.01. The summed E-state index contributed by atoms with van der Waals surface area (Å²) in [7, 11) is 0. The fourth-order valence-corrected chi connectivity index (χ4v) is 3.84. The van der Waals surface area contributed by atoms with Crippen LogP contribution in [0.25, 0.3) is 0 Å². The summed E-state index contributed by atoms with van der Waals surface area (Å²) in [4.78, 5) is 12.2. The number of nitrogens with one attached hydrogen (secondary N) is 2. The summed E-state index contributed by atoms with van der Waals surface area (Å²) in [6.45, 7) is 4.33. The Morgan fingerprint density at radius 2 is 1.88 bits per heavy atom. The molecule has 2 N–H and O–H groups in total. The van der Waals surface area contributed by atoms with Crippen LogP contribution in [0.2, 0.25) is 0 Å². The van der Waals surface area contributed by atoms with Gasteiger partial charge in [-0.2, -0.15) is 0 Å². The van der Waals surface area contributed by atoms with E-state index in [2.05, 4.69) is 27.4 Å². The number of carbonyl (C=O) groups is 1. The number of thioether (sulfide) groups is 1. The number of aromatic nitrogens is 2. The number of hydrogen-bond donors (Lipinski definition) is 2. The molecule has 3 aromatic rings. The molecule has 0 saturated carbocycles. The summed E-state index contributed by atoms with van der Waals surface area (Å²) in [6, 6.07) is 17.0. The smallest absolute Gasteiger partial charge is 0.255 e. The molecular weight excluding hydrogens is 364 g/mol. The highest BCUT2D eigenvalue weighted by atomic mass is 32.2. The summed E-state index contributed by atoms with van der Waals surface area (Å²) < 4.78 is 0.905. The Morgan fingerprint density at radius 1 is 1.12 bits per heavy atom. The number of amides is 1. The van der Waals surface area contributed by atoms with Crippen LogP contribution in [0.15, 0.2) is 71.6 Å². The Labute approximate surface area is 160 Å². The minimum atomic E-state index is -0.113. The molecule has 132 valence electrons. The van der Waals surface area contributed by atoms with Crippen LogP contribution in [0, 0.1) is 0 Å². The average molecular weight is 383 g/mol. The molecule has 0 aliphatic heterocycles. The van der Waals surface area contributed by atoms with E-state index in [1.54, 1.807) is 17.8 Å². The lowest BCUT2D eigenvalue weighted by atomic mass is 10.1. The summed E-state index contributed by atoms with van der Waals surface area (Å²) >= 11 is 3.14. The van der Waals surface area contributed by atoms with Crippen LogP contribution in [0.4, 0.5) is 10.8 Å². The molecule has 0 spiro atoms. The van der Waals surface area contributed by atoms with E-state index in [0.29, 0.717) is 12.1 Å². The lowest BCUT2D eigenvalue weighted by molar-refractivity contribution is 0.102. The second-order valence-electron chi connectivity index (χ2n) is 5.35. The van der Waals surface area contributed by atoms with Gasteiger partial charge in [0.25, 0.3) is 5.91 Å². The third-order valence-corrected chi connectivity index (χ3v) is 5.50. The zero-order chi connectivity index (χ0) is 18.2. The minimum Gasteiger partial charge on any atom is -0.357 e. The molecule has 1 aromatic heterocycles. The van der Waals surface area contributed by atoms with Gasteiger partial charge in [0.05, 0.1) is 0 Å². The van der Waals surface area contributed by atoms with E-state index in [0.717, 1.165) is 26.5 Å². The first kappa shape index (κ1) is 18.2. The molecule has 0 bridgehead atoms. The molecule has 5 nitrogen and oxygen atoms in total. The minimum absolute atomic E-state index is 0.113. The van der Waals surface area contributed by atoms with Crippen molar-refractivity contribution >= 4 is 39.8 Å². The third kappa shape index (κ3) is 5.18. The maximum atomic E-state index is 12.2. The van der Waals surface area contributed by atoms with Gasteiger partial charge in [0.1, 0.15) is 0 Å². The predicted molar refractivity (Wildman–Crippen MR) is 109 cm³/mol. The fourth-order valence-electron chi connectivity index (χ4n) is 2.12. The summed E-state index contributed by atoms with van der Waals surface area (Å²) in [5.41, 5.74) is 2.55. The van der Waals surface area contributed by atoms with Crippen LogP contribution in [-0.4, -0.2) is 22.6 Å². The predicted octanol–water partition coefficient (Wildman–Crippen LogP) is 4.68. The van der Waals surface area contributed by atoms with Gasteiger partial charge in [-0.15, -0.1) is 16.8 Å². The molecule has 0 unspecified atom stereocenters. The third-order valence-electron chi connectivity index (χ3n) is 3.41. The number of nitrogens with zero attached hydrogens (tertiary/aromatic N) is 2. The molecule has 1 amide bonds. The SMILES string of the molecule is C=CCNc1nnc(SCc2ccc(C(=O)Nc3ccccc3)cc2)s1. The van der Waals surface area contributed by atoms with E-state index in [-0.39, 0.29) is 5.91 Å². The highest BCUT2D eigenvalue weighted by molar-refractivity contribution is 8.00. The Bertz CT molecular complexity index is 863. The van der Waals surface area contributed by atoms with Crippen LogP contribution < -0.4 is 10.6 Å². The maximum Gasteiger partial charge on any atom is 0.255 e. The standard InChI is InChI=1S/C19H18N4OS2/c1-2-12-20-18-22-23-19(26-18)25-13-14-8-10-15(11-9-14)17(24)21-16-6-4-3-5-7-16/h2-11H,1,12-13H2,(H,20,22)(H,21,24). The van der Waals surface area contributed by atoms with E-state index < -0.39 is 0 Å². The van der Waals surface area contributed by atoms with Crippen molar-refractivity contribution in [3.8, 4) is 0 Å². The van der Waals surface area contributed by atoms with Crippen LogP contribution in [-0.2, 0) is 5.75 Å². The number of hydrogen-bond acceptors (Lipinski definition) is 6. The molecule has 0 radical (unpaired) electrons. The van der Waals surface area contributed by atoms with Gasteiger partial charge < -0.3 is 10.6 Å². The highest BCUT2D eigenvalue weighted by Gasteiger charge is 2.07. The van der Waals surface area contributed by atoms with Crippen molar-refractivity contribution in [2.75, 3.05) is 17.2 Å². The summed E-state index contributed by atoms with van der Waals surface area (Å²) in [5, 5.41) is 15.0. The number of para-hydroxylation sites is 1. The lowest BCUT2D eigenvalue weighted by Gasteiger charge is -2.06. The van der Waals surface area contributed by atoms with Gasteiger partial charge in [-0.3, -0.25) is 4.79 Å². The van der Waals surface area contributed by atoms with Gasteiger partial charge in [0, 0.05) is 23.5 Å². The average Bonchev–Trinajstić information content (AvgIpc) is 3.14. The van der Waals surface area contributed by atoms with Crippen molar-refractivity contribution in [3.63, 3.8) is 0 Å². The Kier molecular flexibility index (Phi) is 6.40. The summed E-state index contributed by atoms with van der Waals surface area (Å²) in [6.07, 6.45) is 1.78. The lowest BCUT2D eigenvalue weighted by Crippen LogP contribution is -2.11. The van der Waals surface area contributed by atoms with E-state index in [1.165, 1.54) is 11.3 Å². The van der Waals surface area contributed by atoms with Gasteiger partial charge >= 0.3 is 0 Å². The van der Waals surface area contributed by atoms with Gasteiger partial charge in [0.15, 0.2) is 4.34 Å². The van der Waals surface area contributed by atoms with E-state index in [9.17, 15) is 4.79 Å². The van der Waals surface area contributed by atoms with Crippen LogP contribution in [0.5, 0.6) is 0 Å².